The van der Waals surface area contributed by atoms with Crippen LogP contribution in [-0.2, 0) is 26.3 Å². The number of carbonyl (C=O) groups is 2. The fraction of sp³-hybridized carbons (Fsp3) is 0.417. The molecule has 1 atom stereocenters. The van der Waals surface area contributed by atoms with Gasteiger partial charge in [0.05, 0.1) is 15.7 Å². The lowest BCUT2D eigenvalue weighted by atomic mass is 10.1. The zero-order valence-corrected chi connectivity index (χ0v) is 23.2. The molecule has 12 heteroatoms. The minimum absolute atomic E-state index is 0.0564. The van der Waals surface area contributed by atoms with Crippen LogP contribution in [0.25, 0.3) is 0 Å². The highest BCUT2D eigenvalue weighted by Crippen LogP contribution is 2.26. The zero-order valence-electron chi connectivity index (χ0n) is 20.8. The third-order valence-electron chi connectivity index (χ3n) is 5.33. The van der Waals surface area contributed by atoms with Crippen molar-refractivity contribution in [2.24, 2.45) is 5.92 Å². The maximum atomic E-state index is 14.6. The van der Waals surface area contributed by atoms with E-state index in [4.69, 9.17) is 23.2 Å². The third-order valence-corrected chi connectivity index (χ3v) is 7.87. The summed E-state index contributed by atoms with van der Waals surface area (Å²) in [7, 11) is -1.69. The van der Waals surface area contributed by atoms with Crippen LogP contribution in [0.15, 0.2) is 42.5 Å². The van der Waals surface area contributed by atoms with Gasteiger partial charge in [0.2, 0.25) is 11.8 Å². The van der Waals surface area contributed by atoms with Crippen molar-refractivity contribution in [3.63, 3.8) is 0 Å². The fourth-order valence-electron chi connectivity index (χ4n) is 3.23. The number of anilines is 1. The number of nitrogens with one attached hydrogen (secondary N) is 1. The Kier molecular flexibility index (Phi) is 10.5. The predicted octanol–water partition coefficient (Wildman–Crippen LogP) is 3.93. The summed E-state index contributed by atoms with van der Waals surface area (Å²) in [5.74, 6) is -1.75. The highest BCUT2D eigenvalue weighted by Gasteiger charge is 2.33. The number of amides is 2. The highest BCUT2D eigenvalue weighted by atomic mass is 35.5. The largest absolute Gasteiger partial charge is 0.354 e. The molecule has 8 nitrogen and oxygen atoms in total. The predicted molar refractivity (Wildman–Crippen MR) is 141 cm³/mol. The normalized spacial score (nSPS) is 12.5. The van der Waals surface area contributed by atoms with E-state index in [1.54, 1.807) is 25.1 Å². The van der Waals surface area contributed by atoms with Crippen molar-refractivity contribution in [3.05, 3.63) is 63.9 Å². The van der Waals surface area contributed by atoms with Gasteiger partial charge in [-0.1, -0.05) is 55.2 Å². The molecule has 2 aromatic carbocycles. The Hall–Kier alpha value is -2.40. The number of halogens is 3. The molecule has 2 amide bonds. The summed E-state index contributed by atoms with van der Waals surface area (Å²) in [5.41, 5.74) is 0.292. The van der Waals surface area contributed by atoms with Gasteiger partial charge in [0.15, 0.2) is 0 Å². The second-order valence-electron chi connectivity index (χ2n) is 8.83. The Morgan fingerprint density at radius 1 is 1.03 bits per heavy atom. The Balaban J connectivity index is 2.47. The van der Waals surface area contributed by atoms with Gasteiger partial charge in [-0.2, -0.15) is 12.7 Å². The first kappa shape index (κ1) is 29.8. The van der Waals surface area contributed by atoms with Crippen LogP contribution in [0.3, 0.4) is 0 Å². The molecule has 0 bridgehead atoms. The van der Waals surface area contributed by atoms with Gasteiger partial charge in [-0.25, -0.2) is 8.70 Å². The molecule has 198 valence electrons. The van der Waals surface area contributed by atoms with E-state index in [0.29, 0.717) is 21.4 Å². The molecule has 0 saturated carbocycles. The Morgan fingerprint density at radius 2 is 1.67 bits per heavy atom. The molecule has 1 unspecified atom stereocenters. The first-order valence-electron chi connectivity index (χ1n) is 11.2. The lowest BCUT2D eigenvalue weighted by Crippen LogP contribution is -2.52. The molecule has 36 heavy (non-hydrogen) atoms. The smallest absolute Gasteiger partial charge is 0.304 e. The summed E-state index contributed by atoms with van der Waals surface area (Å²) in [6, 6.07) is 9.07. The van der Waals surface area contributed by atoms with Crippen LogP contribution in [0.5, 0.6) is 0 Å². The number of hydrogen-bond acceptors (Lipinski definition) is 4. The summed E-state index contributed by atoms with van der Waals surface area (Å²) >= 11 is 12.1. The molecule has 2 rings (SSSR count). The van der Waals surface area contributed by atoms with Gasteiger partial charge in [0.1, 0.15) is 18.4 Å². The van der Waals surface area contributed by atoms with E-state index in [1.807, 2.05) is 13.8 Å². The highest BCUT2D eigenvalue weighted by molar-refractivity contribution is 7.90. The molecule has 0 aromatic heterocycles. The maximum absolute atomic E-state index is 14.6. The monoisotopic (exact) mass is 560 g/mol. The van der Waals surface area contributed by atoms with Crippen molar-refractivity contribution in [2.75, 3.05) is 31.5 Å². The van der Waals surface area contributed by atoms with E-state index in [1.165, 1.54) is 37.2 Å². The number of rotatable bonds is 11. The quantitative estimate of drug-likeness (QED) is 0.450. The average Bonchev–Trinajstić information content (AvgIpc) is 2.81. The molecule has 0 radical (unpaired) electrons. The van der Waals surface area contributed by atoms with Gasteiger partial charge >= 0.3 is 10.2 Å². The Bertz CT molecular complexity index is 1190. The van der Waals surface area contributed by atoms with Crippen LogP contribution in [0.4, 0.5) is 10.1 Å². The van der Waals surface area contributed by atoms with Gasteiger partial charge in [-0.3, -0.25) is 9.59 Å². The molecule has 1 N–H and O–H groups in total. The van der Waals surface area contributed by atoms with Crippen molar-refractivity contribution in [3.8, 4) is 0 Å². The summed E-state index contributed by atoms with van der Waals surface area (Å²) < 4.78 is 42.3. The van der Waals surface area contributed by atoms with E-state index in [2.05, 4.69) is 5.32 Å². The van der Waals surface area contributed by atoms with Gasteiger partial charge in [0.25, 0.3) is 0 Å². The van der Waals surface area contributed by atoms with Gasteiger partial charge in [-0.15, -0.1) is 0 Å². The van der Waals surface area contributed by atoms with Crippen LogP contribution in [0, 0.1) is 11.7 Å². The summed E-state index contributed by atoms with van der Waals surface area (Å²) in [5, 5.41) is 3.37. The molecule has 0 spiro atoms. The molecule has 0 aliphatic carbocycles. The molecular formula is C24H31Cl2FN4O4S. The first-order valence-corrected chi connectivity index (χ1v) is 13.4. The van der Waals surface area contributed by atoms with Crippen molar-refractivity contribution >= 4 is 50.9 Å². The lowest BCUT2D eigenvalue weighted by Gasteiger charge is -2.33. The summed E-state index contributed by atoms with van der Waals surface area (Å²) in [4.78, 5) is 27.7. The topological polar surface area (TPSA) is 90.0 Å². The van der Waals surface area contributed by atoms with Crippen LogP contribution < -0.4 is 9.62 Å². The molecule has 0 aliphatic heterocycles. The molecule has 0 aliphatic rings. The Morgan fingerprint density at radius 3 is 2.22 bits per heavy atom. The molecular weight excluding hydrogens is 530 g/mol. The molecule has 0 heterocycles. The SMILES string of the molecule is CC(C)CNC(=O)C(C)N(Cc1ccc(Cl)c(Cl)c1)C(=O)CN(c1ccccc1F)S(=O)(=O)N(C)C. The van der Waals surface area contributed by atoms with Crippen molar-refractivity contribution in [2.45, 2.75) is 33.4 Å². The molecule has 2 aromatic rings. The standard InChI is InChI=1S/C24H31Cl2FN4O4S/c1-16(2)13-28-24(33)17(3)30(14-18-10-11-19(25)20(26)12-18)23(32)15-31(36(34,35)29(4)5)22-9-7-6-8-21(22)27/h6-12,16-17H,13-15H2,1-5H3,(H,28,33). The molecule has 0 saturated heterocycles. The van der Waals surface area contributed by atoms with E-state index in [0.717, 1.165) is 10.4 Å². The first-order chi connectivity index (χ1) is 16.7. The lowest BCUT2D eigenvalue weighted by molar-refractivity contribution is -0.139. The number of benzene rings is 2. The van der Waals surface area contributed by atoms with Gasteiger partial charge < -0.3 is 10.2 Å². The minimum atomic E-state index is -4.26. The van der Waals surface area contributed by atoms with Crippen molar-refractivity contribution in [1.82, 2.24) is 14.5 Å². The second kappa shape index (κ2) is 12.7. The van der Waals surface area contributed by atoms with Crippen LogP contribution in [0.1, 0.15) is 26.3 Å². The fourth-order valence-corrected chi connectivity index (χ4v) is 4.61. The zero-order chi connectivity index (χ0) is 27.2. The van der Waals surface area contributed by atoms with E-state index >= 15 is 0 Å². The van der Waals surface area contributed by atoms with Crippen molar-refractivity contribution in [1.29, 1.82) is 0 Å². The maximum Gasteiger partial charge on any atom is 0.304 e. The Labute approximate surface area is 222 Å². The minimum Gasteiger partial charge on any atom is -0.354 e. The third kappa shape index (κ3) is 7.55. The van der Waals surface area contributed by atoms with Crippen LogP contribution >= 0.6 is 23.2 Å². The van der Waals surface area contributed by atoms with Crippen molar-refractivity contribution < 1.29 is 22.4 Å². The number of carbonyl (C=O) groups excluding carboxylic acids is 2. The molecule has 0 fully saturated rings. The van der Waals surface area contributed by atoms with E-state index in [9.17, 15) is 22.4 Å². The van der Waals surface area contributed by atoms with Crippen LogP contribution in [-0.4, -0.2) is 62.7 Å². The van der Waals surface area contributed by atoms with E-state index < -0.39 is 40.4 Å². The second-order valence-corrected chi connectivity index (χ2v) is 11.7. The number of nitrogens with zero attached hydrogens (tertiary/aromatic N) is 3. The van der Waals surface area contributed by atoms with Gasteiger partial charge in [-0.05, 0) is 42.7 Å². The summed E-state index contributed by atoms with van der Waals surface area (Å²) in [6.07, 6.45) is 0. The number of para-hydroxylation sites is 1. The number of hydrogen-bond donors (Lipinski definition) is 1. The van der Waals surface area contributed by atoms with Crippen LogP contribution in [0.2, 0.25) is 10.0 Å². The summed E-state index contributed by atoms with van der Waals surface area (Å²) in [6.45, 7) is 5.01. The average molecular weight is 562 g/mol. The van der Waals surface area contributed by atoms with E-state index in [-0.39, 0.29) is 23.2 Å². The van der Waals surface area contributed by atoms with Gasteiger partial charge in [0, 0.05) is 27.2 Å².